The number of carbonyl (C=O) groups is 1. The molecule has 162 valence electrons. The van der Waals surface area contributed by atoms with Gasteiger partial charge in [0.1, 0.15) is 5.75 Å². The molecular formula is C23H26N4O4. The molecule has 31 heavy (non-hydrogen) atoms. The van der Waals surface area contributed by atoms with E-state index in [4.69, 9.17) is 0 Å². The van der Waals surface area contributed by atoms with Crippen molar-refractivity contribution in [3.63, 3.8) is 0 Å². The lowest BCUT2D eigenvalue weighted by Gasteiger charge is -2.30. The van der Waals surface area contributed by atoms with Crippen LogP contribution in [0.1, 0.15) is 29.5 Å². The van der Waals surface area contributed by atoms with Crippen LogP contribution < -0.4 is 5.43 Å². The monoisotopic (exact) mass is 422 g/mol. The first-order valence-electron chi connectivity index (χ1n) is 10.2. The average Bonchev–Trinajstić information content (AvgIpc) is 2.77. The van der Waals surface area contributed by atoms with Crippen LogP contribution in [0.15, 0.2) is 60.2 Å². The minimum atomic E-state index is -0.407. The van der Waals surface area contributed by atoms with Crippen molar-refractivity contribution in [3.8, 4) is 5.75 Å². The van der Waals surface area contributed by atoms with Gasteiger partial charge in [-0.25, -0.2) is 5.43 Å². The van der Waals surface area contributed by atoms with Crippen LogP contribution in [0.2, 0.25) is 0 Å². The predicted octanol–water partition coefficient (Wildman–Crippen LogP) is 3.39. The third-order valence-electron chi connectivity index (χ3n) is 5.41. The highest BCUT2D eigenvalue weighted by molar-refractivity contribution is 5.86. The Labute approximate surface area is 181 Å². The number of amides is 1. The number of aromatic hydroxyl groups is 1. The van der Waals surface area contributed by atoms with Crippen molar-refractivity contribution in [2.24, 2.45) is 11.0 Å². The maximum atomic E-state index is 12.4. The Balaban J connectivity index is 1.47. The molecule has 0 spiro atoms. The fourth-order valence-corrected chi connectivity index (χ4v) is 3.63. The second kappa shape index (κ2) is 10.5. The number of phenols is 1. The second-order valence-corrected chi connectivity index (χ2v) is 7.56. The number of hydrogen-bond acceptors (Lipinski definition) is 6. The molecule has 1 heterocycles. The van der Waals surface area contributed by atoms with Crippen molar-refractivity contribution < 1.29 is 14.8 Å². The molecule has 8 heteroatoms. The Hall–Kier alpha value is -3.52. The van der Waals surface area contributed by atoms with E-state index in [1.807, 2.05) is 12.1 Å². The summed E-state index contributed by atoms with van der Waals surface area (Å²) < 4.78 is 0. The Bertz CT molecular complexity index is 964. The molecule has 1 aliphatic heterocycles. The van der Waals surface area contributed by atoms with E-state index < -0.39 is 4.92 Å². The van der Waals surface area contributed by atoms with Crippen LogP contribution in [0.4, 0.5) is 5.69 Å². The third kappa shape index (κ3) is 5.99. The summed E-state index contributed by atoms with van der Waals surface area (Å²) in [5.41, 5.74) is 4.97. The smallest absolute Gasteiger partial charge is 0.269 e. The summed E-state index contributed by atoms with van der Waals surface area (Å²) in [5, 5.41) is 25.0. The third-order valence-corrected chi connectivity index (χ3v) is 5.41. The molecule has 1 fully saturated rings. The number of hydrazone groups is 1. The number of nitrogens with one attached hydrogen (secondary N) is 1. The zero-order chi connectivity index (χ0) is 22.2. The summed E-state index contributed by atoms with van der Waals surface area (Å²) >= 11 is 0. The molecule has 1 amide bonds. The van der Waals surface area contributed by atoms with Gasteiger partial charge >= 0.3 is 0 Å². The molecule has 3 rings (SSSR count). The topological polar surface area (TPSA) is 108 Å². The zero-order valence-electron chi connectivity index (χ0n) is 17.2. The van der Waals surface area contributed by atoms with Crippen molar-refractivity contribution in [1.82, 2.24) is 10.3 Å². The van der Waals surface area contributed by atoms with Crippen LogP contribution in [0.3, 0.4) is 0 Å². The van der Waals surface area contributed by atoms with Gasteiger partial charge in [0.2, 0.25) is 5.91 Å². The van der Waals surface area contributed by atoms with E-state index in [0.29, 0.717) is 31.4 Å². The minimum Gasteiger partial charge on any atom is -0.507 e. The van der Waals surface area contributed by atoms with E-state index >= 15 is 0 Å². The lowest BCUT2D eigenvalue weighted by atomic mass is 9.96. The molecule has 2 N–H and O–H groups in total. The van der Waals surface area contributed by atoms with E-state index in [1.54, 1.807) is 24.3 Å². The Kier molecular flexibility index (Phi) is 7.50. The number of allylic oxidation sites excluding steroid dienone is 1. The first-order valence-corrected chi connectivity index (χ1v) is 10.2. The van der Waals surface area contributed by atoms with Gasteiger partial charge in [0.15, 0.2) is 0 Å². The summed E-state index contributed by atoms with van der Waals surface area (Å²) in [6.07, 6.45) is 5.15. The molecular weight excluding hydrogens is 396 g/mol. The zero-order valence-corrected chi connectivity index (χ0v) is 17.2. The number of likely N-dealkylation sites (tertiary alicyclic amines) is 1. The van der Waals surface area contributed by atoms with Crippen molar-refractivity contribution >= 4 is 17.8 Å². The van der Waals surface area contributed by atoms with Crippen LogP contribution in [0.5, 0.6) is 5.75 Å². The van der Waals surface area contributed by atoms with E-state index in [2.05, 4.69) is 22.0 Å². The van der Waals surface area contributed by atoms with Crippen LogP contribution in [-0.4, -0.2) is 40.1 Å². The maximum absolute atomic E-state index is 12.4. The average molecular weight is 422 g/mol. The summed E-state index contributed by atoms with van der Waals surface area (Å²) in [6.45, 7) is 5.91. The highest BCUT2D eigenvalue weighted by Gasteiger charge is 2.25. The first-order chi connectivity index (χ1) is 15.0. The largest absolute Gasteiger partial charge is 0.507 e. The van der Waals surface area contributed by atoms with E-state index in [1.165, 1.54) is 18.3 Å². The summed E-state index contributed by atoms with van der Waals surface area (Å²) in [6, 6.07) is 11.9. The van der Waals surface area contributed by atoms with Gasteiger partial charge < -0.3 is 5.11 Å². The molecule has 8 nitrogen and oxygen atoms in total. The Morgan fingerprint density at radius 3 is 2.61 bits per heavy atom. The summed E-state index contributed by atoms with van der Waals surface area (Å²) in [5.74, 6) is -0.112. The number of benzene rings is 2. The Morgan fingerprint density at radius 2 is 1.97 bits per heavy atom. The molecule has 1 aliphatic rings. The molecule has 0 aliphatic carbocycles. The SMILES string of the molecule is C=CCc1cccc(/C=N/NC(=O)C2CCN(Cc3ccc([N+](=O)[O-])cc3)CC2)c1O. The standard InChI is InChI=1S/C23H26N4O4/c1-2-4-18-5-3-6-20(22(18)28)15-24-25-23(29)19-11-13-26(14-12-19)16-17-7-9-21(10-8-17)27(30)31/h2-3,5-10,15,19,28H,1,4,11-14,16H2,(H,25,29)/b24-15+. The number of non-ortho nitro benzene ring substituents is 1. The molecule has 0 radical (unpaired) electrons. The fourth-order valence-electron chi connectivity index (χ4n) is 3.63. The number of rotatable bonds is 8. The second-order valence-electron chi connectivity index (χ2n) is 7.56. The lowest BCUT2D eigenvalue weighted by Crippen LogP contribution is -2.39. The van der Waals surface area contributed by atoms with E-state index in [9.17, 15) is 20.0 Å². The first kappa shape index (κ1) is 22.2. The highest BCUT2D eigenvalue weighted by atomic mass is 16.6. The van der Waals surface area contributed by atoms with Gasteiger partial charge in [-0.05, 0) is 49.5 Å². The summed E-state index contributed by atoms with van der Waals surface area (Å²) in [4.78, 5) is 25.0. The quantitative estimate of drug-likeness (QED) is 0.293. The number of piperidine rings is 1. The van der Waals surface area contributed by atoms with Gasteiger partial charge in [0.05, 0.1) is 11.1 Å². The fraction of sp³-hybridized carbons (Fsp3) is 0.304. The molecule has 1 saturated heterocycles. The van der Waals surface area contributed by atoms with Crippen LogP contribution in [-0.2, 0) is 17.8 Å². The number of para-hydroxylation sites is 1. The molecule has 0 saturated carbocycles. The minimum absolute atomic E-state index is 0.0837. The molecule has 0 bridgehead atoms. The van der Waals surface area contributed by atoms with Crippen LogP contribution in [0.25, 0.3) is 0 Å². The summed E-state index contributed by atoms with van der Waals surface area (Å²) in [7, 11) is 0. The van der Waals surface area contributed by atoms with Gasteiger partial charge in [0, 0.05) is 30.2 Å². The van der Waals surface area contributed by atoms with Crippen molar-refractivity contribution in [3.05, 3.63) is 81.9 Å². The number of hydrogen-bond donors (Lipinski definition) is 2. The maximum Gasteiger partial charge on any atom is 0.269 e. The number of carbonyl (C=O) groups excluding carboxylic acids is 1. The lowest BCUT2D eigenvalue weighted by molar-refractivity contribution is -0.384. The number of nitrogens with zero attached hydrogens (tertiary/aromatic N) is 3. The van der Waals surface area contributed by atoms with Gasteiger partial charge in [-0.3, -0.25) is 19.8 Å². The van der Waals surface area contributed by atoms with Gasteiger partial charge in [-0.2, -0.15) is 5.10 Å². The molecule has 0 aromatic heterocycles. The molecule has 0 atom stereocenters. The predicted molar refractivity (Wildman–Crippen MR) is 119 cm³/mol. The number of nitro groups is 1. The van der Waals surface area contributed by atoms with Gasteiger partial charge in [-0.1, -0.05) is 30.3 Å². The molecule has 2 aromatic carbocycles. The normalized spacial score (nSPS) is 15.1. The number of nitro benzene ring substituents is 1. The van der Waals surface area contributed by atoms with Crippen molar-refractivity contribution in [2.45, 2.75) is 25.8 Å². The van der Waals surface area contributed by atoms with Crippen molar-refractivity contribution in [1.29, 1.82) is 0 Å². The molecule has 0 unspecified atom stereocenters. The van der Waals surface area contributed by atoms with Gasteiger partial charge in [0.25, 0.3) is 5.69 Å². The van der Waals surface area contributed by atoms with Crippen LogP contribution in [0, 0.1) is 16.0 Å². The van der Waals surface area contributed by atoms with Gasteiger partial charge in [-0.15, -0.1) is 6.58 Å². The Morgan fingerprint density at radius 1 is 1.26 bits per heavy atom. The molecule has 2 aromatic rings. The highest BCUT2D eigenvalue weighted by Crippen LogP contribution is 2.22. The van der Waals surface area contributed by atoms with Crippen molar-refractivity contribution in [2.75, 3.05) is 13.1 Å². The number of phenolic OH excluding ortho intramolecular Hbond substituents is 1. The van der Waals surface area contributed by atoms with Crippen LogP contribution >= 0.6 is 0 Å². The van der Waals surface area contributed by atoms with E-state index in [0.717, 1.165) is 24.2 Å². The van der Waals surface area contributed by atoms with E-state index in [-0.39, 0.29) is 23.3 Å².